The molecule has 0 aliphatic heterocycles. The predicted octanol–water partition coefficient (Wildman–Crippen LogP) is 2.18. The molecular formula is C11H18BrNO2. The van der Waals surface area contributed by atoms with Gasteiger partial charge in [-0.2, -0.15) is 0 Å². The van der Waals surface area contributed by atoms with Crippen molar-refractivity contribution in [3.8, 4) is 0 Å². The second kappa shape index (κ2) is 5.64. The van der Waals surface area contributed by atoms with E-state index in [1.807, 2.05) is 0 Å². The fourth-order valence-corrected chi connectivity index (χ4v) is 2.81. The Morgan fingerprint density at radius 3 is 2.13 bits per heavy atom. The highest BCUT2D eigenvalue weighted by Crippen LogP contribution is 2.28. The zero-order valence-electron chi connectivity index (χ0n) is 9.14. The van der Waals surface area contributed by atoms with E-state index in [4.69, 9.17) is 0 Å². The monoisotopic (exact) mass is 275 g/mol. The van der Waals surface area contributed by atoms with Gasteiger partial charge in [0.1, 0.15) is 0 Å². The molecule has 0 unspecified atom stereocenters. The number of carbonyl (C=O) groups is 2. The lowest BCUT2D eigenvalue weighted by atomic mass is 9.86. The summed E-state index contributed by atoms with van der Waals surface area (Å²) in [4.78, 5) is 23.1. The number of amides is 1. The van der Waals surface area contributed by atoms with Crippen LogP contribution < -0.4 is 5.32 Å². The first-order chi connectivity index (χ1) is 7.10. The summed E-state index contributed by atoms with van der Waals surface area (Å²) in [5.74, 6) is 0.00537. The van der Waals surface area contributed by atoms with Crippen molar-refractivity contribution in [1.29, 1.82) is 0 Å². The van der Waals surface area contributed by atoms with Gasteiger partial charge in [0.25, 0.3) is 0 Å². The number of hydrogen-bond acceptors (Lipinski definition) is 2. The van der Waals surface area contributed by atoms with Crippen LogP contribution in [0.3, 0.4) is 0 Å². The zero-order chi connectivity index (χ0) is 11.3. The Morgan fingerprint density at radius 2 is 1.73 bits per heavy atom. The smallest absolute Gasteiger partial charge is 0.217 e. The van der Waals surface area contributed by atoms with Gasteiger partial charge in [-0.3, -0.25) is 9.59 Å². The maximum atomic E-state index is 11.9. The fourth-order valence-electron chi connectivity index (χ4n) is 2.27. The second-order valence-corrected chi connectivity index (χ2v) is 4.80. The van der Waals surface area contributed by atoms with Crippen molar-refractivity contribution in [3.05, 3.63) is 0 Å². The minimum absolute atomic E-state index is 0.105. The molecule has 1 fully saturated rings. The number of Topliss-reactive ketones (excluding diaryl/α,β-unsaturated/α-hetero) is 1. The molecule has 0 atom stereocenters. The van der Waals surface area contributed by atoms with E-state index in [2.05, 4.69) is 21.2 Å². The van der Waals surface area contributed by atoms with Crippen molar-refractivity contribution < 1.29 is 9.59 Å². The predicted molar refractivity (Wildman–Crippen MR) is 63.1 cm³/mol. The van der Waals surface area contributed by atoms with E-state index in [0.717, 1.165) is 38.5 Å². The van der Waals surface area contributed by atoms with Crippen LogP contribution in [0.4, 0.5) is 0 Å². The van der Waals surface area contributed by atoms with Crippen molar-refractivity contribution in [1.82, 2.24) is 5.32 Å². The van der Waals surface area contributed by atoms with Crippen LogP contribution in [0.1, 0.15) is 45.4 Å². The van der Waals surface area contributed by atoms with Gasteiger partial charge in [-0.15, -0.1) is 0 Å². The summed E-state index contributed by atoms with van der Waals surface area (Å²) < 4.78 is 0. The molecule has 1 amide bonds. The van der Waals surface area contributed by atoms with Gasteiger partial charge in [-0.05, 0) is 12.8 Å². The summed E-state index contributed by atoms with van der Waals surface area (Å²) >= 11 is 3.20. The summed E-state index contributed by atoms with van der Waals surface area (Å²) in [7, 11) is 0. The molecule has 1 N–H and O–H groups in total. The minimum Gasteiger partial charge on any atom is -0.344 e. The van der Waals surface area contributed by atoms with E-state index in [1.54, 1.807) is 0 Å². The Hall–Kier alpha value is -0.380. The minimum atomic E-state index is -0.591. The molecule has 0 saturated heterocycles. The molecule has 0 aromatic rings. The first-order valence-corrected chi connectivity index (χ1v) is 6.61. The van der Waals surface area contributed by atoms with E-state index < -0.39 is 5.54 Å². The maximum absolute atomic E-state index is 11.9. The molecule has 4 heteroatoms. The lowest BCUT2D eigenvalue weighted by Gasteiger charge is -2.31. The maximum Gasteiger partial charge on any atom is 0.217 e. The molecule has 0 heterocycles. The average Bonchev–Trinajstić information content (AvgIpc) is 2.42. The van der Waals surface area contributed by atoms with Gasteiger partial charge in [0.05, 0.1) is 10.9 Å². The topological polar surface area (TPSA) is 46.2 Å². The van der Waals surface area contributed by atoms with Crippen LogP contribution in [-0.4, -0.2) is 22.6 Å². The van der Waals surface area contributed by atoms with Gasteiger partial charge >= 0.3 is 0 Å². The van der Waals surface area contributed by atoms with E-state index in [0.29, 0.717) is 5.33 Å². The Bertz CT molecular complexity index is 245. The summed E-state index contributed by atoms with van der Waals surface area (Å²) in [5.41, 5.74) is -0.591. The van der Waals surface area contributed by atoms with E-state index >= 15 is 0 Å². The number of ketones is 1. The molecule has 1 rings (SSSR count). The third kappa shape index (κ3) is 3.30. The highest BCUT2D eigenvalue weighted by atomic mass is 79.9. The standard InChI is InChI=1S/C11H18BrNO2/c1-9(14)13-11(10(15)8-12)6-4-2-3-5-7-11/h2-8H2,1H3,(H,13,14). The van der Waals surface area contributed by atoms with E-state index in [-0.39, 0.29) is 11.7 Å². The molecule has 15 heavy (non-hydrogen) atoms. The Kier molecular flexibility index (Phi) is 4.77. The number of rotatable bonds is 3. The quantitative estimate of drug-likeness (QED) is 0.634. The molecule has 1 aliphatic carbocycles. The van der Waals surface area contributed by atoms with Gasteiger partial charge in [-0.1, -0.05) is 41.6 Å². The van der Waals surface area contributed by atoms with Crippen LogP contribution >= 0.6 is 15.9 Å². The molecule has 1 aliphatic rings. The number of carbonyl (C=O) groups excluding carboxylic acids is 2. The highest BCUT2D eigenvalue weighted by Gasteiger charge is 2.37. The molecule has 3 nitrogen and oxygen atoms in total. The molecule has 0 aromatic heterocycles. The molecule has 1 saturated carbocycles. The zero-order valence-corrected chi connectivity index (χ0v) is 10.7. The highest BCUT2D eigenvalue weighted by molar-refractivity contribution is 9.09. The summed E-state index contributed by atoms with van der Waals surface area (Å²) in [6, 6.07) is 0. The number of hydrogen-bond donors (Lipinski definition) is 1. The van der Waals surface area contributed by atoms with Crippen molar-refractivity contribution in [2.45, 2.75) is 51.0 Å². The number of nitrogens with one attached hydrogen (secondary N) is 1. The van der Waals surface area contributed by atoms with Gasteiger partial charge in [0.15, 0.2) is 5.78 Å². The van der Waals surface area contributed by atoms with Gasteiger partial charge < -0.3 is 5.32 Å². The van der Waals surface area contributed by atoms with Crippen LogP contribution in [0.5, 0.6) is 0 Å². The number of halogens is 1. The number of alkyl halides is 1. The fraction of sp³-hybridized carbons (Fsp3) is 0.818. The van der Waals surface area contributed by atoms with Crippen molar-refractivity contribution in [3.63, 3.8) is 0 Å². The van der Waals surface area contributed by atoms with Crippen LogP contribution in [-0.2, 0) is 9.59 Å². The first-order valence-electron chi connectivity index (χ1n) is 5.49. The Labute approximate surface area is 99.1 Å². The molecule has 0 radical (unpaired) electrons. The molecule has 0 aromatic carbocycles. The average molecular weight is 276 g/mol. The third-order valence-corrected chi connectivity index (χ3v) is 3.54. The first kappa shape index (κ1) is 12.7. The van der Waals surface area contributed by atoms with Crippen LogP contribution in [0.2, 0.25) is 0 Å². The van der Waals surface area contributed by atoms with Gasteiger partial charge in [-0.25, -0.2) is 0 Å². The van der Waals surface area contributed by atoms with E-state index in [1.165, 1.54) is 6.92 Å². The molecule has 0 spiro atoms. The van der Waals surface area contributed by atoms with E-state index in [9.17, 15) is 9.59 Å². The summed E-state index contributed by atoms with van der Waals surface area (Å²) in [5, 5.41) is 3.19. The lowest BCUT2D eigenvalue weighted by molar-refractivity contribution is -0.130. The molecule has 86 valence electrons. The normalized spacial score (nSPS) is 20.4. The Balaban J connectivity index is 2.81. The SMILES string of the molecule is CC(=O)NC1(C(=O)CBr)CCCCCC1. The van der Waals surface area contributed by atoms with Crippen molar-refractivity contribution in [2.75, 3.05) is 5.33 Å². The summed E-state index contributed by atoms with van der Waals surface area (Å²) in [6.07, 6.45) is 5.96. The molecule has 0 bridgehead atoms. The van der Waals surface area contributed by atoms with Gasteiger partial charge in [0.2, 0.25) is 5.91 Å². The van der Waals surface area contributed by atoms with Crippen molar-refractivity contribution in [2.24, 2.45) is 0 Å². The van der Waals surface area contributed by atoms with Crippen LogP contribution in [0.15, 0.2) is 0 Å². The van der Waals surface area contributed by atoms with Crippen molar-refractivity contribution >= 4 is 27.6 Å². The lowest BCUT2D eigenvalue weighted by Crippen LogP contribution is -2.54. The Morgan fingerprint density at radius 1 is 1.20 bits per heavy atom. The second-order valence-electron chi connectivity index (χ2n) is 4.23. The van der Waals surface area contributed by atoms with Crippen LogP contribution in [0.25, 0.3) is 0 Å². The molecular weight excluding hydrogens is 258 g/mol. The largest absolute Gasteiger partial charge is 0.344 e. The van der Waals surface area contributed by atoms with Crippen LogP contribution in [0, 0.1) is 0 Å². The summed E-state index contributed by atoms with van der Waals surface area (Å²) in [6.45, 7) is 1.48. The third-order valence-electron chi connectivity index (χ3n) is 3.03. The van der Waals surface area contributed by atoms with Gasteiger partial charge in [0, 0.05) is 6.92 Å².